The second kappa shape index (κ2) is 12.9. The fraction of sp³-hybridized carbons (Fsp3) is 0.355. The van der Waals surface area contributed by atoms with Crippen molar-refractivity contribution in [1.29, 1.82) is 0 Å². The molecule has 0 saturated carbocycles. The number of anilines is 1. The van der Waals surface area contributed by atoms with Crippen LogP contribution in [0.25, 0.3) is 6.08 Å². The second-order valence-corrected chi connectivity index (χ2v) is 10.3. The molecule has 5 rings (SSSR count). The monoisotopic (exact) mass is 562 g/mol. The highest BCUT2D eigenvalue weighted by Crippen LogP contribution is 2.50. The zero-order valence-corrected chi connectivity index (χ0v) is 23.7. The third kappa shape index (κ3) is 6.09. The van der Waals surface area contributed by atoms with Crippen molar-refractivity contribution in [3.63, 3.8) is 0 Å². The lowest BCUT2D eigenvalue weighted by atomic mass is 9.62. The Kier molecular flexibility index (Phi) is 9.37. The molecule has 1 N–H and O–H groups in total. The van der Waals surface area contributed by atoms with Crippen LogP contribution in [0.1, 0.15) is 37.8 Å². The largest absolute Gasteiger partial charge is 0.468 e. The maximum atomic E-state index is 13.7. The summed E-state index contributed by atoms with van der Waals surface area (Å²) >= 11 is 5.97. The summed E-state index contributed by atoms with van der Waals surface area (Å²) in [5, 5.41) is 3.30. The Morgan fingerprint density at radius 1 is 1.10 bits per heavy atom. The summed E-state index contributed by atoms with van der Waals surface area (Å²) in [6.45, 7) is 4.04. The van der Waals surface area contributed by atoms with Gasteiger partial charge in [0.25, 0.3) is 0 Å². The topological polar surface area (TPSA) is 94.2 Å². The molecule has 1 saturated heterocycles. The summed E-state index contributed by atoms with van der Waals surface area (Å²) in [5.41, 5.74) is 2.00. The number of esters is 2. The van der Waals surface area contributed by atoms with E-state index in [-0.39, 0.29) is 30.1 Å². The number of carbonyl (C=O) groups excluding carboxylic acids is 3. The fourth-order valence-corrected chi connectivity index (χ4v) is 5.93. The SMILES string of the molecule is CCC1=C[C@@H]2CN(C(=O)OCc3ccccc3)[C@H]1[C@@](C(=O)OC)(C(=S)Nc1ccccc1/C=C\COC(C)=O)C2. The van der Waals surface area contributed by atoms with Crippen LogP contribution in [0.5, 0.6) is 0 Å². The summed E-state index contributed by atoms with van der Waals surface area (Å²) in [4.78, 5) is 40.1. The molecule has 3 atom stereocenters. The van der Waals surface area contributed by atoms with Gasteiger partial charge in [-0.2, -0.15) is 0 Å². The third-order valence-corrected chi connectivity index (χ3v) is 7.75. The molecule has 2 aromatic carbocycles. The standard InChI is InChI=1S/C31H34N2O6S/c1-4-24-17-23-18-31(29(35)37-3,27(24)33(19-23)30(36)39-20-22-11-6-5-7-12-22)28(40)32-26-15-9-8-13-25(26)14-10-16-38-21(2)34/h5-15,17,23,27H,4,16,18-20H2,1-3H3,(H,32,40)/b14-10-/t23-,27+,31+/m0/s1. The van der Waals surface area contributed by atoms with Crippen molar-refractivity contribution in [2.24, 2.45) is 11.3 Å². The normalized spacial score (nSPS) is 21.5. The zero-order valence-electron chi connectivity index (χ0n) is 22.9. The number of rotatable bonds is 9. The number of nitrogens with one attached hydrogen (secondary N) is 1. The van der Waals surface area contributed by atoms with Gasteiger partial charge < -0.3 is 19.5 Å². The van der Waals surface area contributed by atoms with Gasteiger partial charge in [0.05, 0.1) is 18.1 Å². The van der Waals surface area contributed by atoms with Gasteiger partial charge in [-0.15, -0.1) is 0 Å². The maximum Gasteiger partial charge on any atom is 0.410 e. The van der Waals surface area contributed by atoms with Gasteiger partial charge in [-0.25, -0.2) is 4.79 Å². The van der Waals surface area contributed by atoms with Crippen LogP contribution in [0.2, 0.25) is 0 Å². The number of fused-ring (bicyclic) bond motifs is 2. The summed E-state index contributed by atoms with van der Waals surface area (Å²) in [7, 11) is 1.34. The van der Waals surface area contributed by atoms with Gasteiger partial charge in [0.1, 0.15) is 18.6 Å². The number of amides is 1. The van der Waals surface area contributed by atoms with Crippen LogP contribution in [0.4, 0.5) is 10.5 Å². The number of hydrogen-bond acceptors (Lipinski definition) is 7. The van der Waals surface area contributed by atoms with Crippen LogP contribution in [-0.4, -0.2) is 54.2 Å². The highest BCUT2D eigenvalue weighted by molar-refractivity contribution is 7.80. The molecule has 0 aromatic heterocycles. The lowest BCUT2D eigenvalue weighted by Crippen LogP contribution is -2.66. The molecule has 40 heavy (non-hydrogen) atoms. The first-order valence-electron chi connectivity index (χ1n) is 13.3. The maximum absolute atomic E-state index is 13.7. The predicted molar refractivity (Wildman–Crippen MR) is 156 cm³/mol. The highest BCUT2D eigenvalue weighted by atomic mass is 32.1. The van der Waals surface area contributed by atoms with Crippen molar-refractivity contribution in [3.8, 4) is 0 Å². The second-order valence-electron chi connectivity index (χ2n) is 9.86. The van der Waals surface area contributed by atoms with Crippen LogP contribution in [-0.2, 0) is 30.4 Å². The van der Waals surface area contributed by atoms with E-state index in [1.807, 2.05) is 67.6 Å². The fourth-order valence-electron chi connectivity index (χ4n) is 5.55. The molecule has 3 aliphatic rings. The quantitative estimate of drug-likeness (QED) is 0.184. The summed E-state index contributed by atoms with van der Waals surface area (Å²) in [6.07, 6.45) is 6.25. The average Bonchev–Trinajstić information content (AvgIpc) is 2.98. The van der Waals surface area contributed by atoms with E-state index < -0.39 is 23.5 Å². The van der Waals surface area contributed by atoms with Crippen molar-refractivity contribution < 1.29 is 28.6 Å². The van der Waals surface area contributed by atoms with Crippen LogP contribution in [0.15, 0.2) is 72.3 Å². The van der Waals surface area contributed by atoms with E-state index in [2.05, 4.69) is 11.4 Å². The van der Waals surface area contributed by atoms with Crippen LogP contribution in [0.3, 0.4) is 0 Å². The van der Waals surface area contributed by atoms with Gasteiger partial charge in [-0.1, -0.05) is 79.8 Å². The number of nitrogens with zero attached hydrogens (tertiary/aromatic N) is 1. The lowest BCUT2D eigenvalue weighted by molar-refractivity contribution is -0.154. The van der Waals surface area contributed by atoms with Crippen molar-refractivity contribution in [3.05, 3.63) is 83.4 Å². The Labute approximate surface area is 240 Å². The van der Waals surface area contributed by atoms with E-state index in [0.717, 1.165) is 16.7 Å². The third-order valence-electron chi connectivity index (χ3n) is 7.29. The number of hydrogen-bond donors (Lipinski definition) is 1. The molecule has 2 aromatic rings. The van der Waals surface area contributed by atoms with Crippen molar-refractivity contribution in [1.82, 2.24) is 4.90 Å². The first kappa shape index (κ1) is 29.0. The van der Waals surface area contributed by atoms with Gasteiger partial charge in [-0.3, -0.25) is 14.5 Å². The number of ether oxygens (including phenoxy) is 3. The van der Waals surface area contributed by atoms with E-state index in [0.29, 0.717) is 25.1 Å². The molecular weight excluding hydrogens is 528 g/mol. The average molecular weight is 563 g/mol. The molecule has 0 spiro atoms. The van der Waals surface area contributed by atoms with Gasteiger partial charge >= 0.3 is 18.0 Å². The van der Waals surface area contributed by atoms with Crippen molar-refractivity contribution in [2.45, 2.75) is 39.3 Å². The first-order chi connectivity index (χ1) is 19.3. The van der Waals surface area contributed by atoms with Crippen LogP contribution >= 0.6 is 12.2 Å². The number of piperidine rings is 1. The number of thiocarbonyl (C=S) groups is 1. The molecule has 2 heterocycles. The van der Waals surface area contributed by atoms with E-state index in [4.69, 9.17) is 26.4 Å². The molecule has 9 heteroatoms. The minimum atomic E-state index is -1.30. The van der Waals surface area contributed by atoms with Crippen LogP contribution in [0, 0.1) is 11.3 Å². The van der Waals surface area contributed by atoms with E-state index in [9.17, 15) is 14.4 Å². The minimum Gasteiger partial charge on any atom is -0.468 e. The Bertz CT molecular complexity index is 1320. The molecular formula is C31H34N2O6S. The van der Waals surface area contributed by atoms with Gasteiger partial charge in [0.15, 0.2) is 0 Å². The highest BCUT2D eigenvalue weighted by Gasteiger charge is 2.61. The number of methoxy groups -OCH3 is 1. The Morgan fingerprint density at radius 3 is 2.52 bits per heavy atom. The number of carbonyl (C=O) groups is 3. The van der Waals surface area contributed by atoms with Gasteiger partial charge in [-0.05, 0) is 47.6 Å². The predicted octanol–water partition coefficient (Wildman–Crippen LogP) is 5.54. The summed E-state index contributed by atoms with van der Waals surface area (Å²) in [5.74, 6) is -0.958. The summed E-state index contributed by atoms with van der Waals surface area (Å²) in [6, 6.07) is 16.3. The van der Waals surface area contributed by atoms with Crippen molar-refractivity contribution in [2.75, 3.05) is 25.6 Å². The van der Waals surface area contributed by atoms with Crippen LogP contribution < -0.4 is 5.32 Å². The van der Waals surface area contributed by atoms with Gasteiger partial charge in [0, 0.05) is 19.2 Å². The molecule has 2 bridgehead atoms. The Hall–Kier alpha value is -3.98. The Morgan fingerprint density at radius 2 is 1.82 bits per heavy atom. The minimum absolute atomic E-state index is 0.0954. The molecule has 1 aliphatic carbocycles. The number of para-hydroxylation sites is 1. The van der Waals surface area contributed by atoms with Gasteiger partial charge in [0.2, 0.25) is 0 Å². The molecule has 2 aliphatic heterocycles. The molecule has 0 radical (unpaired) electrons. The Balaban J connectivity index is 1.64. The molecule has 0 unspecified atom stereocenters. The zero-order chi connectivity index (χ0) is 28.7. The smallest absolute Gasteiger partial charge is 0.410 e. The molecule has 8 nitrogen and oxygen atoms in total. The summed E-state index contributed by atoms with van der Waals surface area (Å²) < 4.78 is 16.1. The molecule has 1 fully saturated rings. The van der Waals surface area contributed by atoms with E-state index >= 15 is 0 Å². The number of benzene rings is 2. The molecule has 210 valence electrons. The van der Waals surface area contributed by atoms with E-state index in [1.165, 1.54) is 14.0 Å². The molecule has 1 amide bonds. The lowest BCUT2D eigenvalue weighted by Gasteiger charge is -2.54. The first-order valence-corrected chi connectivity index (χ1v) is 13.7. The van der Waals surface area contributed by atoms with Crippen molar-refractivity contribution >= 4 is 47.0 Å². The van der Waals surface area contributed by atoms with E-state index in [1.54, 1.807) is 11.0 Å².